The molecule has 1 unspecified atom stereocenters. The Balaban J connectivity index is 1.86. The van der Waals surface area contributed by atoms with Gasteiger partial charge in [-0.2, -0.15) is 0 Å². The highest BCUT2D eigenvalue weighted by atomic mass is 16.6. The molecule has 1 aliphatic rings. The second-order valence-corrected chi connectivity index (χ2v) is 4.00. The summed E-state index contributed by atoms with van der Waals surface area (Å²) in [5.41, 5.74) is 0.586. The van der Waals surface area contributed by atoms with E-state index in [9.17, 15) is 4.79 Å². The van der Waals surface area contributed by atoms with Gasteiger partial charge in [0.2, 0.25) is 0 Å². The van der Waals surface area contributed by atoms with Crippen molar-refractivity contribution in [3.63, 3.8) is 0 Å². The standard InChI is InChI=1S/C12H20O3/c1-10(12(13)14-2)7-5-3-4-6-8-11-9-15-11/h11H,1,3-9H2,2H3. The number of unbranched alkanes of at least 4 members (excludes halogenated alkanes) is 3. The topological polar surface area (TPSA) is 38.8 Å². The number of ether oxygens (including phenoxy) is 2. The molecule has 15 heavy (non-hydrogen) atoms. The normalized spacial score (nSPS) is 18.6. The first-order valence-electron chi connectivity index (χ1n) is 5.61. The van der Waals surface area contributed by atoms with Crippen molar-refractivity contribution in [3.05, 3.63) is 12.2 Å². The van der Waals surface area contributed by atoms with Crippen molar-refractivity contribution in [2.24, 2.45) is 0 Å². The minimum absolute atomic E-state index is 0.276. The Bertz CT molecular complexity index is 219. The lowest BCUT2D eigenvalue weighted by molar-refractivity contribution is -0.136. The van der Waals surface area contributed by atoms with Crippen LogP contribution >= 0.6 is 0 Å². The highest BCUT2D eigenvalue weighted by Gasteiger charge is 2.20. The van der Waals surface area contributed by atoms with E-state index in [4.69, 9.17) is 4.74 Å². The minimum atomic E-state index is -0.276. The first-order valence-corrected chi connectivity index (χ1v) is 5.61. The second-order valence-electron chi connectivity index (χ2n) is 4.00. The lowest BCUT2D eigenvalue weighted by Gasteiger charge is -2.03. The molecule has 0 radical (unpaired) electrons. The van der Waals surface area contributed by atoms with E-state index >= 15 is 0 Å². The predicted octanol–water partition coefficient (Wildman–Crippen LogP) is 2.46. The third-order valence-corrected chi connectivity index (χ3v) is 2.63. The van der Waals surface area contributed by atoms with E-state index in [1.807, 2.05) is 0 Å². The molecule has 0 amide bonds. The van der Waals surface area contributed by atoms with Gasteiger partial charge in [-0.15, -0.1) is 0 Å². The summed E-state index contributed by atoms with van der Waals surface area (Å²) in [6, 6.07) is 0. The van der Waals surface area contributed by atoms with E-state index in [1.165, 1.54) is 26.4 Å². The van der Waals surface area contributed by atoms with Crippen LogP contribution in [0.4, 0.5) is 0 Å². The number of hydrogen-bond donors (Lipinski definition) is 0. The second kappa shape index (κ2) is 6.62. The third kappa shape index (κ3) is 5.57. The van der Waals surface area contributed by atoms with Crippen molar-refractivity contribution in [3.8, 4) is 0 Å². The van der Waals surface area contributed by atoms with Crippen LogP contribution in [0.3, 0.4) is 0 Å². The fourth-order valence-corrected chi connectivity index (χ4v) is 1.55. The van der Waals surface area contributed by atoms with Crippen LogP contribution in [-0.2, 0) is 14.3 Å². The first-order chi connectivity index (χ1) is 7.24. The number of rotatable bonds is 8. The van der Waals surface area contributed by atoms with Crippen molar-refractivity contribution in [2.75, 3.05) is 13.7 Å². The Morgan fingerprint density at radius 2 is 2.07 bits per heavy atom. The molecule has 1 fully saturated rings. The monoisotopic (exact) mass is 212 g/mol. The molecule has 0 aromatic rings. The summed E-state index contributed by atoms with van der Waals surface area (Å²) in [4.78, 5) is 11.0. The highest BCUT2D eigenvalue weighted by Crippen LogP contribution is 2.18. The number of methoxy groups -OCH3 is 1. The molecule has 0 aromatic carbocycles. The summed E-state index contributed by atoms with van der Waals surface area (Å²) in [6.45, 7) is 4.64. The number of carbonyl (C=O) groups is 1. The molecule has 3 nitrogen and oxygen atoms in total. The van der Waals surface area contributed by atoms with Crippen molar-refractivity contribution in [2.45, 2.75) is 44.6 Å². The van der Waals surface area contributed by atoms with Crippen LogP contribution in [0.1, 0.15) is 38.5 Å². The van der Waals surface area contributed by atoms with Gasteiger partial charge in [-0.1, -0.05) is 25.8 Å². The average Bonchev–Trinajstić information content (AvgIpc) is 3.05. The van der Waals surface area contributed by atoms with Gasteiger partial charge in [-0.25, -0.2) is 4.79 Å². The molecule has 1 saturated heterocycles. The summed E-state index contributed by atoms with van der Waals surface area (Å²) < 4.78 is 9.70. The van der Waals surface area contributed by atoms with E-state index in [2.05, 4.69) is 11.3 Å². The average molecular weight is 212 g/mol. The van der Waals surface area contributed by atoms with Crippen molar-refractivity contribution in [1.82, 2.24) is 0 Å². The van der Waals surface area contributed by atoms with Gasteiger partial charge in [-0.3, -0.25) is 0 Å². The van der Waals surface area contributed by atoms with Gasteiger partial charge in [0.25, 0.3) is 0 Å². The molecule has 0 aromatic heterocycles. The maximum absolute atomic E-state index is 11.0. The summed E-state index contributed by atoms with van der Waals surface area (Å²) in [5, 5.41) is 0. The van der Waals surface area contributed by atoms with Crippen LogP contribution in [0, 0.1) is 0 Å². The van der Waals surface area contributed by atoms with Crippen molar-refractivity contribution in [1.29, 1.82) is 0 Å². The summed E-state index contributed by atoms with van der Waals surface area (Å²) >= 11 is 0. The quantitative estimate of drug-likeness (QED) is 0.268. The van der Waals surface area contributed by atoms with Crippen LogP contribution in [0.2, 0.25) is 0 Å². The molecule has 0 bridgehead atoms. The van der Waals surface area contributed by atoms with E-state index in [0.29, 0.717) is 11.7 Å². The highest BCUT2D eigenvalue weighted by molar-refractivity contribution is 5.87. The molecule has 0 saturated carbocycles. The molecule has 1 rings (SSSR count). The SMILES string of the molecule is C=C(CCCCCCC1CO1)C(=O)OC. The van der Waals surface area contributed by atoms with Crippen LogP contribution < -0.4 is 0 Å². The molecule has 1 atom stereocenters. The Morgan fingerprint density at radius 1 is 1.40 bits per heavy atom. The third-order valence-electron chi connectivity index (χ3n) is 2.63. The zero-order chi connectivity index (χ0) is 11.1. The van der Waals surface area contributed by atoms with Crippen LogP contribution in [0.15, 0.2) is 12.2 Å². The number of hydrogen-bond acceptors (Lipinski definition) is 3. The molecule has 86 valence electrons. The zero-order valence-corrected chi connectivity index (χ0v) is 9.46. The molecule has 0 spiro atoms. The van der Waals surface area contributed by atoms with Gasteiger partial charge in [0.1, 0.15) is 0 Å². The van der Waals surface area contributed by atoms with Crippen LogP contribution in [-0.4, -0.2) is 25.8 Å². The van der Waals surface area contributed by atoms with E-state index < -0.39 is 0 Å². The lowest BCUT2D eigenvalue weighted by Crippen LogP contribution is -2.03. The Kier molecular flexibility index (Phi) is 5.40. The predicted molar refractivity (Wildman–Crippen MR) is 58.6 cm³/mol. The maximum atomic E-state index is 11.0. The van der Waals surface area contributed by atoms with Gasteiger partial charge in [-0.05, 0) is 19.3 Å². The number of epoxide rings is 1. The maximum Gasteiger partial charge on any atom is 0.333 e. The van der Waals surface area contributed by atoms with Gasteiger partial charge in [0.15, 0.2) is 0 Å². The molecular formula is C12H20O3. The van der Waals surface area contributed by atoms with Gasteiger partial charge >= 0.3 is 5.97 Å². The van der Waals surface area contributed by atoms with E-state index in [1.54, 1.807) is 0 Å². The Labute approximate surface area is 91.4 Å². The summed E-state index contributed by atoms with van der Waals surface area (Å²) in [7, 11) is 1.39. The summed E-state index contributed by atoms with van der Waals surface area (Å²) in [5.74, 6) is -0.276. The minimum Gasteiger partial charge on any atom is -0.466 e. The van der Waals surface area contributed by atoms with Gasteiger partial charge in [0.05, 0.1) is 19.8 Å². The van der Waals surface area contributed by atoms with Gasteiger partial charge in [0, 0.05) is 5.57 Å². The smallest absolute Gasteiger partial charge is 0.333 e. The number of esters is 1. The fraction of sp³-hybridized carbons (Fsp3) is 0.750. The van der Waals surface area contributed by atoms with Crippen molar-refractivity contribution >= 4 is 5.97 Å². The first kappa shape index (κ1) is 12.2. The van der Waals surface area contributed by atoms with Gasteiger partial charge < -0.3 is 9.47 Å². The Hall–Kier alpha value is -0.830. The van der Waals surface area contributed by atoms with Crippen LogP contribution in [0.25, 0.3) is 0 Å². The molecule has 0 N–H and O–H groups in total. The van der Waals surface area contributed by atoms with E-state index in [0.717, 1.165) is 25.9 Å². The Morgan fingerprint density at radius 3 is 2.67 bits per heavy atom. The zero-order valence-electron chi connectivity index (χ0n) is 9.46. The number of carbonyl (C=O) groups excluding carboxylic acids is 1. The molecule has 0 aliphatic carbocycles. The van der Waals surface area contributed by atoms with E-state index in [-0.39, 0.29) is 5.97 Å². The molecule has 3 heteroatoms. The molecule has 1 heterocycles. The molecule has 1 aliphatic heterocycles. The van der Waals surface area contributed by atoms with Crippen molar-refractivity contribution < 1.29 is 14.3 Å². The lowest BCUT2D eigenvalue weighted by atomic mass is 10.1. The summed E-state index contributed by atoms with van der Waals surface area (Å²) in [6.07, 6.45) is 7.13. The fourth-order valence-electron chi connectivity index (χ4n) is 1.55. The largest absolute Gasteiger partial charge is 0.466 e. The van der Waals surface area contributed by atoms with Crippen LogP contribution in [0.5, 0.6) is 0 Å². The molecular weight excluding hydrogens is 192 g/mol.